The van der Waals surface area contributed by atoms with E-state index in [0.717, 1.165) is 49.3 Å². The fraction of sp³-hybridized carbons (Fsp3) is 0. The highest BCUT2D eigenvalue weighted by molar-refractivity contribution is 6.25. The molecule has 0 aliphatic rings. The summed E-state index contributed by atoms with van der Waals surface area (Å²) in [5.41, 5.74) is 8.75. The van der Waals surface area contributed by atoms with Crippen LogP contribution in [0.5, 0.6) is 0 Å². The van der Waals surface area contributed by atoms with Crippen molar-refractivity contribution < 1.29 is 4.42 Å². The number of hydrogen-bond donors (Lipinski definition) is 0. The molecule has 3 aromatic heterocycles. The van der Waals surface area contributed by atoms with Crippen LogP contribution < -0.4 is 0 Å². The second-order valence-corrected chi connectivity index (χ2v) is 11.6. The van der Waals surface area contributed by atoms with E-state index < -0.39 is 0 Å². The zero-order valence-corrected chi connectivity index (χ0v) is 23.7. The van der Waals surface area contributed by atoms with E-state index in [4.69, 9.17) is 9.40 Å². The zero-order valence-electron chi connectivity index (χ0n) is 23.7. The lowest BCUT2D eigenvalue weighted by atomic mass is 9.90. The number of benzene rings is 7. The Balaban J connectivity index is 1.33. The summed E-state index contributed by atoms with van der Waals surface area (Å²) in [5.74, 6) is 0. The first-order valence-electron chi connectivity index (χ1n) is 15.0. The van der Waals surface area contributed by atoms with E-state index >= 15 is 0 Å². The third-order valence-corrected chi connectivity index (χ3v) is 9.18. The summed E-state index contributed by atoms with van der Waals surface area (Å²) in [4.78, 5) is 4.93. The molecule has 10 rings (SSSR count). The maximum absolute atomic E-state index is 6.32. The van der Waals surface area contributed by atoms with Gasteiger partial charge in [-0.15, -0.1) is 0 Å². The van der Waals surface area contributed by atoms with E-state index in [-0.39, 0.29) is 0 Å². The van der Waals surface area contributed by atoms with Crippen molar-refractivity contribution in [3.05, 3.63) is 146 Å². The second kappa shape index (κ2) is 8.79. The van der Waals surface area contributed by atoms with Gasteiger partial charge in [0.15, 0.2) is 0 Å². The van der Waals surface area contributed by atoms with Gasteiger partial charge >= 0.3 is 0 Å². The van der Waals surface area contributed by atoms with Crippen molar-refractivity contribution in [2.75, 3.05) is 0 Å². The SMILES string of the molecule is c1ccc(-n2c3ccccc3c3cc(-c4cc5cc6oc7ccccc7c6cc5c5cnc6ccccc6c45)ccc32)cc1. The van der Waals surface area contributed by atoms with Gasteiger partial charge in [-0.3, -0.25) is 4.98 Å². The highest BCUT2D eigenvalue weighted by atomic mass is 16.3. The second-order valence-electron chi connectivity index (χ2n) is 11.6. The highest BCUT2D eigenvalue weighted by Gasteiger charge is 2.18. The Morgan fingerprint density at radius 1 is 0.477 bits per heavy atom. The molecule has 0 aliphatic carbocycles. The first-order chi connectivity index (χ1) is 21.8. The Hall–Kier alpha value is -5.93. The van der Waals surface area contributed by atoms with Crippen LogP contribution in [0.1, 0.15) is 0 Å². The normalized spacial score (nSPS) is 12.1. The Kier molecular flexibility index (Phi) is 4.72. The quantitative estimate of drug-likeness (QED) is 0.197. The molecule has 0 saturated heterocycles. The highest BCUT2D eigenvalue weighted by Crippen LogP contribution is 2.43. The molecule has 0 saturated carbocycles. The standard InChI is InChI=1S/C41H24N2O/c1-2-10-27(11-3-1)43-37-16-8-5-12-28(37)33-20-25(18-19-38(33)43)32-21-26-22-40-34(29-13-6-9-17-39(29)44-40)23-31(26)35-24-42-36-15-7-4-14-30(36)41(32)35/h1-24H. The number of pyridine rings is 1. The van der Waals surface area contributed by atoms with Gasteiger partial charge < -0.3 is 8.98 Å². The minimum Gasteiger partial charge on any atom is -0.456 e. The van der Waals surface area contributed by atoms with E-state index in [1.54, 1.807) is 0 Å². The van der Waals surface area contributed by atoms with E-state index in [0.29, 0.717) is 0 Å². The van der Waals surface area contributed by atoms with Crippen molar-refractivity contribution in [1.82, 2.24) is 9.55 Å². The molecule has 3 heteroatoms. The van der Waals surface area contributed by atoms with Gasteiger partial charge in [0.1, 0.15) is 11.2 Å². The topological polar surface area (TPSA) is 31.0 Å². The van der Waals surface area contributed by atoms with Crippen molar-refractivity contribution in [1.29, 1.82) is 0 Å². The predicted octanol–water partition coefficient (Wildman–Crippen LogP) is 11.2. The average Bonchev–Trinajstić information content (AvgIpc) is 3.62. The third-order valence-electron chi connectivity index (χ3n) is 9.18. The molecule has 0 fully saturated rings. The van der Waals surface area contributed by atoms with Crippen molar-refractivity contribution in [3.8, 4) is 16.8 Å². The number of nitrogens with zero attached hydrogens (tertiary/aromatic N) is 2. The monoisotopic (exact) mass is 560 g/mol. The summed E-state index contributed by atoms with van der Waals surface area (Å²) in [5, 5.41) is 10.6. The molecular formula is C41H24N2O. The van der Waals surface area contributed by atoms with Crippen LogP contribution in [0.2, 0.25) is 0 Å². The van der Waals surface area contributed by atoms with Gasteiger partial charge in [0.2, 0.25) is 0 Å². The molecule has 0 atom stereocenters. The molecule has 0 bridgehead atoms. The molecule has 0 spiro atoms. The number of fused-ring (bicyclic) bond motifs is 11. The van der Waals surface area contributed by atoms with Gasteiger partial charge in [-0.25, -0.2) is 0 Å². The van der Waals surface area contributed by atoms with Gasteiger partial charge in [0, 0.05) is 49.6 Å². The van der Waals surface area contributed by atoms with E-state index in [2.05, 4.69) is 138 Å². The van der Waals surface area contributed by atoms with Gasteiger partial charge in [-0.05, 0) is 82.6 Å². The molecule has 0 aliphatic heterocycles. The largest absolute Gasteiger partial charge is 0.456 e. The van der Waals surface area contributed by atoms with Crippen molar-refractivity contribution in [2.24, 2.45) is 0 Å². The fourth-order valence-electron chi connectivity index (χ4n) is 7.23. The molecule has 0 amide bonds. The lowest BCUT2D eigenvalue weighted by Crippen LogP contribution is -1.93. The Morgan fingerprint density at radius 2 is 1.23 bits per heavy atom. The molecule has 3 heterocycles. The van der Waals surface area contributed by atoms with Crippen LogP contribution >= 0.6 is 0 Å². The molecule has 0 radical (unpaired) electrons. The number of furan rings is 1. The number of aromatic nitrogens is 2. The Bertz CT molecular complexity index is 2770. The molecule has 3 nitrogen and oxygen atoms in total. The van der Waals surface area contributed by atoms with Gasteiger partial charge in [0.25, 0.3) is 0 Å². The summed E-state index contributed by atoms with van der Waals surface area (Å²) in [6.07, 6.45) is 2.05. The maximum Gasteiger partial charge on any atom is 0.136 e. The predicted molar refractivity (Wildman–Crippen MR) is 184 cm³/mol. The van der Waals surface area contributed by atoms with Crippen LogP contribution in [-0.2, 0) is 0 Å². The minimum absolute atomic E-state index is 0.902. The summed E-state index contributed by atoms with van der Waals surface area (Å²) < 4.78 is 8.69. The molecular weight excluding hydrogens is 536 g/mol. The number of rotatable bonds is 2. The van der Waals surface area contributed by atoms with Crippen LogP contribution in [0.3, 0.4) is 0 Å². The fourth-order valence-corrected chi connectivity index (χ4v) is 7.23. The third kappa shape index (κ3) is 3.24. The summed E-state index contributed by atoms with van der Waals surface area (Å²) >= 11 is 0. The Labute approximate surface area is 252 Å². The Morgan fingerprint density at radius 3 is 2.14 bits per heavy atom. The molecule has 44 heavy (non-hydrogen) atoms. The van der Waals surface area contributed by atoms with Crippen LogP contribution in [0.15, 0.2) is 150 Å². The average molecular weight is 561 g/mol. The minimum atomic E-state index is 0.902. The molecule has 0 N–H and O–H groups in total. The van der Waals surface area contributed by atoms with Crippen molar-refractivity contribution >= 4 is 76.2 Å². The van der Waals surface area contributed by atoms with Gasteiger partial charge in [0.05, 0.1) is 16.6 Å². The summed E-state index contributed by atoms with van der Waals surface area (Å²) in [6.45, 7) is 0. The van der Waals surface area contributed by atoms with Crippen molar-refractivity contribution in [3.63, 3.8) is 0 Å². The molecule has 0 unspecified atom stereocenters. The first kappa shape index (κ1) is 23.6. The molecule has 10 aromatic rings. The van der Waals surface area contributed by atoms with Crippen molar-refractivity contribution in [2.45, 2.75) is 0 Å². The van der Waals surface area contributed by atoms with E-state index in [1.165, 1.54) is 43.7 Å². The number of hydrogen-bond acceptors (Lipinski definition) is 2. The van der Waals surface area contributed by atoms with E-state index in [9.17, 15) is 0 Å². The lowest BCUT2D eigenvalue weighted by molar-refractivity contribution is 0.669. The first-order valence-corrected chi connectivity index (χ1v) is 15.0. The molecule has 204 valence electrons. The summed E-state index contributed by atoms with van der Waals surface area (Å²) in [6, 6.07) is 49.8. The molecule has 7 aromatic carbocycles. The van der Waals surface area contributed by atoms with Gasteiger partial charge in [-0.1, -0.05) is 78.9 Å². The maximum atomic E-state index is 6.32. The van der Waals surface area contributed by atoms with Gasteiger partial charge in [-0.2, -0.15) is 0 Å². The number of para-hydroxylation sites is 4. The lowest BCUT2D eigenvalue weighted by Gasteiger charge is -2.14. The summed E-state index contributed by atoms with van der Waals surface area (Å²) in [7, 11) is 0. The van der Waals surface area contributed by atoms with Crippen LogP contribution in [0, 0.1) is 0 Å². The smallest absolute Gasteiger partial charge is 0.136 e. The van der Waals surface area contributed by atoms with E-state index in [1.807, 2.05) is 12.1 Å². The van der Waals surface area contributed by atoms with Crippen LogP contribution in [0.4, 0.5) is 0 Å². The van der Waals surface area contributed by atoms with Crippen LogP contribution in [0.25, 0.3) is 93.0 Å². The van der Waals surface area contributed by atoms with Crippen LogP contribution in [-0.4, -0.2) is 9.55 Å². The zero-order chi connectivity index (χ0) is 28.8.